The zero-order valence-corrected chi connectivity index (χ0v) is 18.3. The summed E-state index contributed by atoms with van der Waals surface area (Å²) in [7, 11) is 3.37. The molecule has 0 amide bonds. The van der Waals surface area contributed by atoms with E-state index in [1.807, 2.05) is 17.8 Å². The van der Waals surface area contributed by atoms with Gasteiger partial charge in [-0.3, -0.25) is 0 Å². The predicted molar refractivity (Wildman–Crippen MR) is 114 cm³/mol. The number of ether oxygens (including phenoxy) is 2. The number of unbranched alkanes of at least 4 members (excludes halogenated alkanes) is 2. The molecule has 0 spiro atoms. The topological polar surface area (TPSA) is 42.2 Å². The largest absolute Gasteiger partial charge is 0.493 e. The van der Waals surface area contributed by atoms with Crippen molar-refractivity contribution in [3.63, 3.8) is 0 Å². The summed E-state index contributed by atoms with van der Waals surface area (Å²) in [6.07, 6.45) is 10.7. The second-order valence-corrected chi connectivity index (χ2v) is 8.98. The monoisotopic (exact) mass is 439 g/mol. The van der Waals surface area contributed by atoms with Gasteiger partial charge in [0.05, 0.1) is 20.3 Å². The van der Waals surface area contributed by atoms with Crippen LogP contribution >= 0.6 is 27.7 Å². The third-order valence-corrected chi connectivity index (χ3v) is 7.07. The van der Waals surface area contributed by atoms with Crippen molar-refractivity contribution in [2.45, 2.75) is 68.3 Å². The van der Waals surface area contributed by atoms with Crippen LogP contribution in [0.3, 0.4) is 0 Å². The minimum atomic E-state index is -0.135. The van der Waals surface area contributed by atoms with E-state index in [9.17, 15) is 5.26 Å². The van der Waals surface area contributed by atoms with E-state index in [1.54, 1.807) is 14.2 Å². The van der Waals surface area contributed by atoms with Gasteiger partial charge in [0.1, 0.15) is 5.25 Å². The number of benzene rings is 1. The lowest BCUT2D eigenvalue weighted by Crippen LogP contribution is -2.11. The van der Waals surface area contributed by atoms with Crippen LogP contribution < -0.4 is 9.47 Å². The molecular formula is C21H30BrNO2S. The second-order valence-electron chi connectivity index (χ2n) is 6.77. The van der Waals surface area contributed by atoms with E-state index in [0.29, 0.717) is 5.25 Å². The molecule has 2 rings (SSSR count). The van der Waals surface area contributed by atoms with Crippen LogP contribution in [0.1, 0.15) is 67.7 Å². The van der Waals surface area contributed by atoms with Crippen molar-refractivity contribution in [1.29, 1.82) is 5.26 Å². The second kappa shape index (κ2) is 11.8. The summed E-state index contributed by atoms with van der Waals surface area (Å²) in [4.78, 5) is 0. The number of nitriles is 1. The Morgan fingerprint density at radius 1 is 1.15 bits per heavy atom. The lowest BCUT2D eigenvalue weighted by atomic mass is 9.97. The molecule has 0 N–H and O–H groups in total. The van der Waals surface area contributed by atoms with E-state index >= 15 is 0 Å². The van der Waals surface area contributed by atoms with Crippen molar-refractivity contribution in [3.8, 4) is 17.6 Å². The first-order valence-corrected chi connectivity index (χ1v) is 11.7. The number of thioether (sulfide) groups is 1. The first-order chi connectivity index (χ1) is 12.7. The van der Waals surface area contributed by atoms with Gasteiger partial charge in [-0.05, 0) is 43.7 Å². The van der Waals surface area contributed by atoms with Gasteiger partial charge in [0.25, 0.3) is 0 Å². The Hall–Kier alpha value is -0.860. The molecule has 1 unspecified atom stereocenters. The first kappa shape index (κ1) is 21.4. The number of rotatable bonds is 10. The van der Waals surface area contributed by atoms with Crippen molar-refractivity contribution in [2.24, 2.45) is 0 Å². The van der Waals surface area contributed by atoms with E-state index in [4.69, 9.17) is 9.47 Å². The van der Waals surface area contributed by atoms with Gasteiger partial charge >= 0.3 is 0 Å². The molecule has 1 atom stereocenters. The summed E-state index contributed by atoms with van der Waals surface area (Å²) in [5, 5.41) is 11.4. The molecule has 0 bridgehead atoms. The number of halogens is 1. The molecule has 1 fully saturated rings. The van der Waals surface area contributed by atoms with Crippen molar-refractivity contribution in [3.05, 3.63) is 23.3 Å². The molecule has 0 heterocycles. The van der Waals surface area contributed by atoms with Crippen LogP contribution in [0.5, 0.6) is 11.5 Å². The van der Waals surface area contributed by atoms with Gasteiger partial charge in [-0.25, -0.2) is 0 Å². The van der Waals surface area contributed by atoms with E-state index in [2.05, 4.69) is 28.1 Å². The van der Waals surface area contributed by atoms with Gasteiger partial charge < -0.3 is 9.47 Å². The van der Waals surface area contributed by atoms with Crippen LogP contribution in [0.4, 0.5) is 0 Å². The Balaban J connectivity index is 2.26. The summed E-state index contributed by atoms with van der Waals surface area (Å²) < 4.78 is 11.2. The summed E-state index contributed by atoms with van der Waals surface area (Å²) in [6.45, 7) is 0. The number of hydrogen-bond donors (Lipinski definition) is 0. The molecule has 0 aliphatic heterocycles. The highest BCUT2D eigenvalue weighted by Crippen LogP contribution is 2.44. The van der Waals surface area contributed by atoms with Gasteiger partial charge in [-0.2, -0.15) is 5.26 Å². The first-order valence-electron chi connectivity index (χ1n) is 9.60. The highest BCUT2D eigenvalue weighted by Gasteiger charge is 2.25. The van der Waals surface area contributed by atoms with Crippen molar-refractivity contribution in [1.82, 2.24) is 0 Å². The molecule has 0 saturated heterocycles. The predicted octanol–water partition coefficient (Wildman–Crippen LogP) is 6.44. The number of methoxy groups -OCH3 is 2. The molecule has 0 radical (unpaired) electrons. The molecule has 1 aliphatic rings. The fourth-order valence-electron chi connectivity index (χ4n) is 3.65. The molecule has 26 heavy (non-hydrogen) atoms. The van der Waals surface area contributed by atoms with E-state index in [1.165, 1.54) is 38.5 Å². The Morgan fingerprint density at radius 2 is 1.92 bits per heavy atom. The quantitative estimate of drug-likeness (QED) is 0.310. The van der Waals surface area contributed by atoms with E-state index in [-0.39, 0.29) is 5.25 Å². The van der Waals surface area contributed by atoms with Gasteiger partial charge in [0, 0.05) is 16.1 Å². The smallest absolute Gasteiger partial charge is 0.164 e. The molecule has 144 valence electrons. The molecule has 1 saturated carbocycles. The van der Waals surface area contributed by atoms with Crippen LogP contribution in [-0.4, -0.2) is 24.8 Å². The summed E-state index contributed by atoms with van der Waals surface area (Å²) in [5.74, 6) is 1.56. The average Bonchev–Trinajstić information content (AvgIpc) is 2.69. The van der Waals surface area contributed by atoms with Gasteiger partial charge in [0.2, 0.25) is 0 Å². The van der Waals surface area contributed by atoms with E-state index < -0.39 is 0 Å². The van der Waals surface area contributed by atoms with Crippen LogP contribution in [0.2, 0.25) is 0 Å². The zero-order chi connectivity index (χ0) is 18.8. The maximum Gasteiger partial charge on any atom is 0.164 e. The lowest BCUT2D eigenvalue weighted by Gasteiger charge is -2.25. The molecule has 3 nitrogen and oxygen atoms in total. The van der Waals surface area contributed by atoms with Crippen LogP contribution in [0, 0.1) is 11.3 Å². The Bertz CT molecular complexity index is 596. The normalized spacial score (nSPS) is 16.1. The number of nitrogens with zero attached hydrogens (tertiary/aromatic N) is 1. The van der Waals surface area contributed by atoms with Gasteiger partial charge in [-0.1, -0.05) is 47.7 Å². The van der Waals surface area contributed by atoms with Crippen molar-refractivity contribution >= 4 is 27.7 Å². The maximum atomic E-state index is 9.89. The summed E-state index contributed by atoms with van der Waals surface area (Å²) in [6, 6.07) is 6.58. The van der Waals surface area contributed by atoms with Crippen LogP contribution in [0.25, 0.3) is 0 Å². The van der Waals surface area contributed by atoms with Crippen LogP contribution in [-0.2, 0) is 6.42 Å². The van der Waals surface area contributed by atoms with Crippen molar-refractivity contribution in [2.75, 3.05) is 19.5 Å². The fraction of sp³-hybridized carbons (Fsp3) is 0.667. The number of alkyl halides is 1. The SMILES string of the molecule is COc1ccc(C(C#N)SC2CCCCC2)c(CCCCCBr)c1OC. The zero-order valence-electron chi connectivity index (χ0n) is 15.9. The number of hydrogen-bond acceptors (Lipinski definition) is 4. The third kappa shape index (κ3) is 5.82. The Kier molecular flexibility index (Phi) is 9.71. The van der Waals surface area contributed by atoms with Gasteiger partial charge in [0.15, 0.2) is 11.5 Å². The molecule has 1 aliphatic carbocycles. The molecule has 5 heteroatoms. The van der Waals surface area contributed by atoms with Gasteiger partial charge in [-0.15, -0.1) is 11.8 Å². The molecule has 1 aromatic rings. The minimum absolute atomic E-state index is 0.135. The average molecular weight is 440 g/mol. The Morgan fingerprint density at radius 3 is 2.54 bits per heavy atom. The standard InChI is InChI=1S/C21H30BrNO2S/c1-24-19-13-12-17(18(21(19)25-2)11-7-4-8-14-22)20(15-23)26-16-9-5-3-6-10-16/h12-13,16,20H,3-11,14H2,1-2H3. The molecular weight excluding hydrogens is 410 g/mol. The fourth-order valence-corrected chi connectivity index (χ4v) is 5.46. The summed E-state index contributed by atoms with van der Waals surface area (Å²) in [5.41, 5.74) is 2.26. The van der Waals surface area contributed by atoms with E-state index in [0.717, 1.165) is 47.2 Å². The van der Waals surface area contributed by atoms with Crippen LogP contribution in [0.15, 0.2) is 12.1 Å². The lowest BCUT2D eigenvalue weighted by molar-refractivity contribution is 0.350. The summed E-state index contributed by atoms with van der Waals surface area (Å²) >= 11 is 5.34. The molecule has 1 aromatic carbocycles. The maximum absolute atomic E-state index is 9.89. The van der Waals surface area contributed by atoms with Crippen molar-refractivity contribution < 1.29 is 9.47 Å². The Labute approximate surface area is 171 Å². The molecule has 0 aromatic heterocycles. The highest BCUT2D eigenvalue weighted by atomic mass is 79.9. The third-order valence-electron chi connectivity index (χ3n) is 5.03. The minimum Gasteiger partial charge on any atom is -0.493 e. The highest BCUT2D eigenvalue weighted by molar-refractivity contribution is 9.09.